The molecule has 0 spiro atoms. The number of rotatable bonds is 5. The summed E-state index contributed by atoms with van der Waals surface area (Å²) < 4.78 is 37.3. The zero-order chi connectivity index (χ0) is 72.6. The van der Waals surface area contributed by atoms with Crippen LogP contribution in [0.15, 0.2) is 198 Å². The van der Waals surface area contributed by atoms with Crippen LogP contribution < -0.4 is 68.6 Å². The van der Waals surface area contributed by atoms with E-state index in [1.54, 1.807) is 12.1 Å². The van der Waals surface area contributed by atoms with Crippen molar-refractivity contribution in [3.8, 4) is 0 Å². The first-order valence-corrected chi connectivity index (χ1v) is 46.2. The molecule has 1 fully saturated rings. The summed E-state index contributed by atoms with van der Waals surface area (Å²) in [7, 11) is 0.628. The van der Waals surface area contributed by atoms with Crippen LogP contribution in [0.25, 0.3) is 11.1 Å². The van der Waals surface area contributed by atoms with Crippen molar-refractivity contribution >= 4 is 226 Å². The molecule has 4 aromatic carbocycles. The summed E-state index contributed by atoms with van der Waals surface area (Å²) in [5, 5.41) is 1.63. The molecular weight excluding hydrogens is 2080 g/mol. The van der Waals surface area contributed by atoms with Gasteiger partial charge in [0, 0.05) is 32.6 Å². The fourth-order valence-electron chi connectivity index (χ4n) is 5.01. The molecule has 1 aliphatic rings. The Morgan fingerprint density at radius 2 is 0.926 bits per heavy atom. The summed E-state index contributed by atoms with van der Waals surface area (Å²) in [6.45, 7) is 37.4. The molecule has 23 heteroatoms. The monoisotopic (exact) mass is 2180 g/mol. The molecule has 6 N–H and O–H groups in total. The van der Waals surface area contributed by atoms with Crippen molar-refractivity contribution in [2.24, 2.45) is 0 Å². The van der Waals surface area contributed by atoms with Gasteiger partial charge in [-0.2, -0.15) is 0 Å². The normalized spacial score (nSPS) is 9.50. The molecule has 0 bridgehead atoms. The minimum absolute atomic E-state index is 0. The molecule has 94 heavy (non-hydrogen) atoms. The quantitative estimate of drug-likeness (QED) is 0.0395. The maximum absolute atomic E-state index is 11.1. The van der Waals surface area contributed by atoms with E-state index in [4.69, 9.17) is 52.0 Å². The first-order chi connectivity index (χ1) is 42.8. The maximum atomic E-state index is 11.1. The molecule has 1 saturated carbocycles. The molecule has 0 unspecified atom stereocenters. The summed E-state index contributed by atoms with van der Waals surface area (Å²) in [5.74, 6) is 2.34. The predicted octanol–water partition coefficient (Wildman–Crippen LogP) is 27.4. The van der Waals surface area contributed by atoms with Crippen molar-refractivity contribution in [2.45, 2.75) is 151 Å². The Labute approximate surface area is 724 Å². The van der Waals surface area contributed by atoms with Crippen molar-refractivity contribution in [3.05, 3.63) is 243 Å². The molecule has 0 aliphatic heterocycles. The van der Waals surface area contributed by atoms with Gasteiger partial charge in [-0.25, -0.2) is 15.0 Å². The van der Waals surface area contributed by atoms with Crippen LogP contribution in [0.5, 0.6) is 0 Å². The van der Waals surface area contributed by atoms with Crippen LogP contribution in [0, 0.1) is 7.43 Å². The third-order valence-electron chi connectivity index (χ3n) is 9.30. The third-order valence-corrected chi connectivity index (χ3v) is 10.9. The Morgan fingerprint density at radius 3 is 1.15 bits per heavy atom. The number of pyridine rings is 3. The van der Waals surface area contributed by atoms with Crippen molar-refractivity contribution in [1.82, 2.24) is 15.0 Å². The van der Waals surface area contributed by atoms with E-state index in [1.807, 2.05) is 201 Å². The van der Waals surface area contributed by atoms with Gasteiger partial charge in [0.15, 0.2) is 0 Å². The van der Waals surface area contributed by atoms with Gasteiger partial charge >= 0.3 is 108 Å². The van der Waals surface area contributed by atoms with Gasteiger partial charge in [0.05, 0.1) is 7.63 Å². The maximum Gasteiger partial charge on any atom is 1.00 e. The van der Waals surface area contributed by atoms with Crippen molar-refractivity contribution < 1.29 is 73.8 Å². The molecule has 6 nitrogen and oxygen atoms in total. The topological polar surface area (TPSA) is 117 Å². The number of alkyl halides is 4. The summed E-state index contributed by atoms with van der Waals surface area (Å²) in [6, 6.07) is 51.9. The van der Waals surface area contributed by atoms with E-state index in [0.29, 0.717) is 36.3 Å². The van der Waals surface area contributed by atoms with Gasteiger partial charge in [0.1, 0.15) is 20.1 Å². The van der Waals surface area contributed by atoms with Crippen LogP contribution in [-0.4, -0.2) is 34.1 Å². The molecule has 0 saturated heterocycles. The smallest absolute Gasteiger partial charge is 1.00 e. The Morgan fingerprint density at radius 1 is 0.596 bits per heavy atom. The number of aromatic nitrogens is 3. The van der Waals surface area contributed by atoms with Gasteiger partial charge < -0.3 is 37.6 Å². The number of hydrogen-bond donors (Lipinski definition) is 3. The number of benzene rings is 4. The van der Waals surface area contributed by atoms with Crippen molar-refractivity contribution in [3.63, 3.8) is 0 Å². The second-order valence-electron chi connectivity index (χ2n) is 17.7. The third kappa shape index (κ3) is 81.9. The molecule has 0 atom stereocenters. The summed E-state index contributed by atoms with van der Waals surface area (Å²) >= 11 is 38.0. The summed E-state index contributed by atoms with van der Waals surface area (Å²) in [6.07, 6.45) is 3.75. The number of nitrogens with two attached hydrogens (primary N) is 3. The van der Waals surface area contributed by atoms with Gasteiger partial charge in [-0.15, -0.1) is 12.1 Å². The number of nitrogens with zero attached hydrogens (tertiary/aromatic N) is 3. The van der Waals surface area contributed by atoms with Crippen LogP contribution in [0.1, 0.15) is 166 Å². The van der Waals surface area contributed by atoms with Crippen LogP contribution >= 0.6 is 190 Å². The fourth-order valence-corrected chi connectivity index (χ4v) is 6.25. The fraction of sp³-hybridized carbons (Fsp3) is 0.352. The number of nitrogen functional groups attached to an aromatic ring is 3. The first kappa shape index (κ1) is 119. The minimum atomic E-state index is -4.75. The van der Waals surface area contributed by atoms with Gasteiger partial charge in [-0.1, -0.05) is 342 Å². The average Bonchev–Trinajstić information content (AvgIpc) is 1.65. The van der Waals surface area contributed by atoms with E-state index < -0.39 is 12.4 Å². The van der Waals surface area contributed by atoms with Crippen LogP contribution in [-0.2, 0) is 14.9 Å². The molecule has 0 amide bonds. The van der Waals surface area contributed by atoms with Gasteiger partial charge in [0.2, 0.25) is 0 Å². The summed E-state index contributed by atoms with van der Waals surface area (Å²) in [5.41, 5.74) is 25.1. The number of para-hydroxylation sites is 3. The SMILES string of the molecule is Brc1ccccc1.C.C=C(C)[B-](F)(F)F.C=C(C)c1cccc(Cl)n1.C=C(C)c1ccccc1N.CBr.CC.CC.CC.CC(C)c1ccccc1N.CC(I)I.CC1(c2cccc(Cl)n2)CC1.CCC.CCI.Clc1cccc(Br)n1.Nc1ccccc1.[CH3-].[I][V][I].[K+]. The number of allylic oxidation sites excluding steroid dienone is 3. The van der Waals surface area contributed by atoms with E-state index in [-0.39, 0.29) is 66.2 Å². The largest absolute Gasteiger partial charge is 1.00 e. The Balaban J connectivity index is -0.0000000892. The number of anilines is 3. The van der Waals surface area contributed by atoms with Gasteiger partial charge in [-0.3, -0.25) is 0 Å². The Kier molecular flexibility index (Phi) is 105. The van der Waals surface area contributed by atoms with Crippen LogP contribution in [0.4, 0.5) is 30.0 Å². The van der Waals surface area contributed by atoms with Crippen LogP contribution in [0.3, 0.4) is 0 Å². The standard InChI is InChI=1S/C9H10ClN.C9H13N.C9H11N.C8H8ClN.C6H5Br.C6H7N.C5H3BrClN.C3H5BF3.C3H8.C2H4I2.C2H5I.3C2H6.CH3Br.CH4.CH3.2HI.K.V/c1-9(5-6-9)7-3-2-4-8(10)11-7;2*1-7(2)8-5-3-4-6-9(8)10;1-6(2)7-4-3-5-8(9)10-7;2*7-6-4-2-1-3-5-6;6-4-2-1-3-5(7)8-4;1-3(2)4(5,6)7;1-3-2;1-2(3)4;1-2-3;4*1-2;;;;;;/h2-4H,5-6H2,1H3;3-7H,10H2,1-2H3;3-6H,1,10H2,2H3;3-5H,1H2,2H3;1-5H;1-5H,7H2;1-3H;1H2,2H3;3H2,1-2H3;2H,1H3;2H2,1H3;3*1-2H3;1H3;1H4;1H3;2*1H;;/q;;;;;;;-1;;;;;;;;;-1;;;+1;+2/p-2. The molecule has 0 radical (unpaired) electrons. The van der Waals surface area contributed by atoms with E-state index >= 15 is 0 Å². The van der Waals surface area contributed by atoms with E-state index in [2.05, 4.69) is 251 Å². The Bertz CT molecular complexity index is 2730. The van der Waals surface area contributed by atoms with E-state index in [1.165, 1.54) is 29.3 Å². The molecule has 3 aromatic heterocycles. The predicted molar refractivity (Wildman–Crippen MR) is 474 cm³/mol. The molecule has 8 rings (SSSR count). The molecule has 7 aromatic rings. The number of halogens is 14. The molecular formula is C71H107BBr3Cl3F3I5KN6V-. The molecule has 529 valence electrons. The Hall–Kier alpha value is 0.986. The molecule has 1 aliphatic carbocycles. The first-order valence-electron chi connectivity index (χ1n) is 28.9. The number of hydrogen-bond acceptors (Lipinski definition) is 6. The minimum Gasteiger partial charge on any atom is 1.00 e. The zero-order valence-electron chi connectivity index (χ0n) is 58.1. The van der Waals surface area contributed by atoms with Gasteiger partial charge in [0.25, 0.3) is 0 Å². The second-order valence-corrected chi connectivity index (χ2v) is 40.0. The van der Waals surface area contributed by atoms with Crippen molar-refractivity contribution in [2.75, 3.05) is 27.5 Å². The summed E-state index contributed by atoms with van der Waals surface area (Å²) in [4.78, 5) is 12.2. The van der Waals surface area contributed by atoms with E-state index in [9.17, 15) is 12.9 Å². The zero-order valence-corrected chi connectivity index (χ0v) is 80.4. The second kappa shape index (κ2) is 82.9. The van der Waals surface area contributed by atoms with Crippen molar-refractivity contribution in [1.29, 1.82) is 0 Å². The van der Waals surface area contributed by atoms with Gasteiger partial charge in [-0.05, 0) is 161 Å². The van der Waals surface area contributed by atoms with E-state index in [0.717, 1.165) is 63.1 Å². The van der Waals surface area contributed by atoms with Crippen LogP contribution in [0.2, 0.25) is 15.5 Å². The average molecular weight is 2180 g/mol. The molecule has 3 heterocycles.